The third-order valence-corrected chi connectivity index (χ3v) is 5.56. The van der Waals surface area contributed by atoms with Crippen LogP contribution in [0.25, 0.3) is 0 Å². The summed E-state index contributed by atoms with van der Waals surface area (Å²) in [6.07, 6.45) is 0.885. The molecule has 1 fully saturated rings. The second-order valence-electron chi connectivity index (χ2n) is 6.76. The molecule has 7 nitrogen and oxygen atoms in total. The highest BCUT2D eigenvalue weighted by Gasteiger charge is 2.30. The van der Waals surface area contributed by atoms with Crippen molar-refractivity contribution in [1.29, 1.82) is 0 Å². The fourth-order valence-electron chi connectivity index (χ4n) is 2.56. The maximum Gasteiger partial charge on any atom is 0.216 e. The molecule has 2 N–H and O–H groups in total. The monoisotopic (exact) mass is 490 g/mol. The van der Waals surface area contributed by atoms with E-state index in [1.165, 1.54) is 4.31 Å². The molecule has 0 saturated carbocycles. The third kappa shape index (κ3) is 9.95. The molecule has 25 heavy (non-hydrogen) atoms. The van der Waals surface area contributed by atoms with Crippen molar-refractivity contribution in [2.24, 2.45) is 10.9 Å². The topological polar surface area (TPSA) is 83.0 Å². The Morgan fingerprint density at radius 3 is 2.36 bits per heavy atom. The molecular weight excluding hydrogens is 455 g/mol. The Morgan fingerprint density at radius 2 is 1.84 bits per heavy atom. The van der Waals surface area contributed by atoms with Crippen LogP contribution in [-0.4, -0.2) is 69.4 Å². The van der Waals surface area contributed by atoms with E-state index in [1.54, 1.807) is 0 Å². The highest BCUT2D eigenvalue weighted by molar-refractivity contribution is 14.0. The van der Waals surface area contributed by atoms with Gasteiger partial charge in [0, 0.05) is 32.7 Å². The summed E-state index contributed by atoms with van der Waals surface area (Å²) in [6, 6.07) is 0. The molecule has 0 aromatic rings. The lowest BCUT2D eigenvalue weighted by Gasteiger charge is -2.34. The van der Waals surface area contributed by atoms with Gasteiger partial charge >= 0.3 is 0 Å². The van der Waals surface area contributed by atoms with Crippen LogP contribution in [0.2, 0.25) is 0 Å². The molecule has 1 aliphatic heterocycles. The number of hydrogen-bond acceptors (Lipinski definition) is 4. The number of halogens is 1. The maximum atomic E-state index is 12.5. The Kier molecular flexibility index (Phi) is 12.2. The van der Waals surface area contributed by atoms with Crippen molar-refractivity contribution in [3.63, 3.8) is 0 Å². The molecule has 0 bridgehead atoms. The average molecular weight is 490 g/mol. The normalized spacial score (nSPS) is 22.6. The number of aliphatic imine (C=N–C) groups is 1. The first-order chi connectivity index (χ1) is 11.2. The van der Waals surface area contributed by atoms with Crippen LogP contribution in [0.4, 0.5) is 0 Å². The van der Waals surface area contributed by atoms with E-state index in [0.717, 1.165) is 19.5 Å². The van der Waals surface area contributed by atoms with E-state index in [9.17, 15) is 8.42 Å². The first-order valence-corrected chi connectivity index (χ1v) is 10.5. The van der Waals surface area contributed by atoms with Crippen LogP contribution >= 0.6 is 24.0 Å². The zero-order valence-electron chi connectivity index (χ0n) is 16.1. The second-order valence-corrected chi connectivity index (χ2v) is 8.85. The molecule has 1 heterocycles. The van der Waals surface area contributed by atoms with Crippen molar-refractivity contribution >= 4 is 40.0 Å². The Labute approximate surface area is 170 Å². The van der Waals surface area contributed by atoms with Gasteiger partial charge in [0.1, 0.15) is 0 Å². The van der Waals surface area contributed by atoms with Crippen molar-refractivity contribution in [2.75, 3.05) is 38.5 Å². The van der Waals surface area contributed by atoms with Crippen LogP contribution < -0.4 is 10.6 Å². The molecule has 1 rings (SSSR count). The summed E-state index contributed by atoms with van der Waals surface area (Å²) in [4.78, 5) is 4.48. The highest BCUT2D eigenvalue weighted by atomic mass is 127. The van der Waals surface area contributed by atoms with Gasteiger partial charge in [-0.25, -0.2) is 8.42 Å². The Hall–Kier alpha value is -0.130. The van der Waals surface area contributed by atoms with Crippen molar-refractivity contribution in [1.82, 2.24) is 14.9 Å². The van der Waals surface area contributed by atoms with Crippen LogP contribution in [0.3, 0.4) is 0 Å². The SMILES string of the molecule is CCNC(=NCCC(C)C)NCCS(=O)(=O)N1CC(C)OC(C)C1.I. The fraction of sp³-hybridized carbons (Fsp3) is 0.938. The van der Waals surface area contributed by atoms with Gasteiger partial charge in [0.2, 0.25) is 10.0 Å². The number of nitrogens with one attached hydrogen (secondary N) is 2. The number of hydrogen-bond donors (Lipinski definition) is 2. The Balaban J connectivity index is 0.00000576. The van der Waals surface area contributed by atoms with Gasteiger partial charge in [0.15, 0.2) is 5.96 Å². The molecule has 9 heteroatoms. The molecule has 1 saturated heterocycles. The van der Waals surface area contributed by atoms with Crippen LogP contribution in [0.5, 0.6) is 0 Å². The van der Waals surface area contributed by atoms with Crippen molar-refractivity contribution in [2.45, 2.75) is 53.2 Å². The van der Waals surface area contributed by atoms with Gasteiger partial charge in [-0.2, -0.15) is 4.31 Å². The quantitative estimate of drug-likeness (QED) is 0.307. The Bertz CT molecular complexity index is 490. The lowest BCUT2D eigenvalue weighted by atomic mass is 10.1. The molecule has 150 valence electrons. The summed E-state index contributed by atoms with van der Waals surface area (Å²) in [5.74, 6) is 1.33. The van der Waals surface area contributed by atoms with Crippen molar-refractivity contribution in [3.05, 3.63) is 0 Å². The Morgan fingerprint density at radius 1 is 1.24 bits per heavy atom. The first kappa shape index (κ1) is 24.9. The number of ether oxygens (including phenoxy) is 1. The standard InChI is InChI=1S/C16H34N4O3S.HI/c1-6-17-16(18-8-7-13(2)3)19-9-10-24(21,22)20-11-14(4)23-15(5)12-20;/h13-15H,6-12H2,1-5H3,(H2,17,18,19);1H. The molecule has 0 aliphatic carbocycles. The summed E-state index contributed by atoms with van der Waals surface area (Å²) >= 11 is 0. The summed E-state index contributed by atoms with van der Waals surface area (Å²) in [5, 5.41) is 6.26. The van der Waals surface area contributed by atoms with Gasteiger partial charge < -0.3 is 15.4 Å². The number of sulfonamides is 1. The largest absolute Gasteiger partial charge is 0.373 e. The van der Waals surface area contributed by atoms with Gasteiger partial charge in [-0.05, 0) is 33.1 Å². The average Bonchev–Trinajstić information content (AvgIpc) is 2.45. The smallest absolute Gasteiger partial charge is 0.216 e. The molecule has 0 amide bonds. The van der Waals surface area contributed by atoms with Gasteiger partial charge in [-0.1, -0.05) is 13.8 Å². The second kappa shape index (κ2) is 12.3. The summed E-state index contributed by atoms with van der Waals surface area (Å²) in [7, 11) is -3.29. The predicted octanol–water partition coefficient (Wildman–Crippen LogP) is 1.64. The minimum Gasteiger partial charge on any atom is -0.373 e. The number of morpholine rings is 1. The molecule has 0 spiro atoms. The van der Waals surface area contributed by atoms with Crippen molar-refractivity contribution in [3.8, 4) is 0 Å². The molecular formula is C16H35IN4O3S. The zero-order chi connectivity index (χ0) is 18.2. The lowest BCUT2D eigenvalue weighted by molar-refractivity contribution is -0.0440. The van der Waals surface area contributed by atoms with E-state index in [1.807, 2.05) is 20.8 Å². The van der Waals surface area contributed by atoms with Gasteiger partial charge in [-0.15, -0.1) is 24.0 Å². The van der Waals surface area contributed by atoms with E-state index in [0.29, 0.717) is 31.5 Å². The molecule has 1 aliphatic rings. The van der Waals surface area contributed by atoms with Crippen LogP contribution in [0.1, 0.15) is 41.0 Å². The van der Waals surface area contributed by atoms with Gasteiger partial charge in [0.05, 0.1) is 18.0 Å². The molecule has 0 aromatic heterocycles. The fourth-order valence-corrected chi connectivity index (χ4v) is 4.05. The van der Waals surface area contributed by atoms with E-state index in [2.05, 4.69) is 29.5 Å². The van der Waals surface area contributed by atoms with Crippen molar-refractivity contribution < 1.29 is 13.2 Å². The number of rotatable bonds is 8. The maximum absolute atomic E-state index is 12.5. The number of nitrogens with zero attached hydrogens (tertiary/aromatic N) is 2. The third-order valence-electron chi connectivity index (χ3n) is 3.75. The molecule has 2 unspecified atom stereocenters. The highest BCUT2D eigenvalue weighted by Crippen LogP contribution is 2.14. The molecule has 0 aromatic carbocycles. The van der Waals surface area contributed by atoms with Crippen LogP contribution in [0, 0.1) is 5.92 Å². The predicted molar refractivity (Wildman–Crippen MR) is 114 cm³/mol. The van der Waals surface area contributed by atoms with Crippen LogP contribution in [0.15, 0.2) is 4.99 Å². The van der Waals surface area contributed by atoms with E-state index in [4.69, 9.17) is 4.74 Å². The summed E-state index contributed by atoms with van der Waals surface area (Å²) in [6.45, 7) is 12.8. The zero-order valence-corrected chi connectivity index (χ0v) is 19.3. The van der Waals surface area contributed by atoms with E-state index in [-0.39, 0.29) is 41.9 Å². The summed E-state index contributed by atoms with van der Waals surface area (Å²) in [5.41, 5.74) is 0. The lowest BCUT2D eigenvalue weighted by Crippen LogP contribution is -2.50. The minimum absolute atomic E-state index is 0. The summed E-state index contributed by atoms with van der Waals surface area (Å²) < 4.78 is 32.1. The van der Waals surface area contributed by atoms with Gasteiger partial charge in [-0.3, -0.25) is 4.99 Å². The van der Waals surface area contributed by atoms with Gasteiger partial charge in [0.25, 0.3) is 0 Å². The van der Waals surface area contributed by atoms with E-state index >= 15 is 0 Å². The van der Waals surface area contributed by atoms with Crippen LogP contribution in [-0.2, 0) is 14.8 Å². The first-order valence-electron chi connectivity index (χ1n) is 8.90. The molecule has 2 atom stereocenters. The minimum atomic E-state index is -3.29. The number of guanidine groups is 1. The van der Waals surface area contributed by atoms with E-state index < -0.39 is 10.0 Å². The molecule has 0 radical (unpaired) electrons.